The lowest BCUT2D eigenvalue weighted by Gasteiger charge is -2.18. The number of pyridine rings is 2. The zero-order chi connectivity index (χ0) is 23.8. The van der Waals surface area contributed by atoms with Crippen molar-refractivity contribution >= 4 is 22.6 Å². The zero-order valence-electron chi connectivity index (χ0n) is 19.3. The Morgan fingerprint density at radius 1 is 1.21 bits per heavy atom. The summed E-state index contributed by atoms with van der Waals surface area (Å²) < 4.78 is 8.95. The molecule has 5 rings (SSSR count). The van der Waals surface area contributed by atoms with Crippen molar-refractivity contribution in [3.05, 3.63) is 86.8 Å². The number of aromatic nitrogens is 3. The molecule has 0 unspecified atom stereocenters. The fraction of sp³-hybridized carbons (Fsp3) is 0.308. The number of amides is 1. The molecule has 1 aliphatic rings. The van der Waals surface area contributed by atoms with E-state index in [-0.39, 0.29) is 22.7 Å². The minimum Gasteiger partial charge on any atom is -0.376 e. The highest BCUT2D eigenvalue weighted by atomic mass is 16.5. The summed E-state index contributed by atoms with van der Waals surface area (Å²) in [7, 11) is 0. The van der Waals surface area contributed by atoms with E-state index in [1.807, 2.05) is 44.2 Å². The number of carbonyl (C=O) groups is 1. The summed E-state index contributed by atoms with van der Waals surface area (Å²) in [5, 5.41) is 12.1. The summed E-state index contributed by atoms with van der Waals surface area (Å²) in [6, 6.07) is 13.1. The molecule has 0 aliphatic carbocycles. The van der Waals surface area contributed by atoms with Crippen LogP contribution in [0.4, 0.5) is 0 Å². The van der Waals surface area contributed by atoms with Gasteiger partial charge in [-0.2, -0.15) is 0 Å². The van der Waals surface area contributed by atoms with Crippen LogP contribution in [0.25, 0.3) is 16.7 Å². The van der Waals surface area contributed by atoms with Gasteiger partial charge in [0.1, 0.15) is 16.8 Å². The maximum absolute atomic E-state index is 13.4. The van der Waals surface area contributed by atoms with E-state index in [1.165, 1.54) is 10.5 Å². The minimum atomic E-state index is -0.401. The molecular formula is C26H27N5O3. The fourth-order valence-corrected chi connectivity index (χ4v) is 4.42. The monoisotopic (exact) mass is 457 g/mol. The lowest BCUT2D eigenvalue weighted by Crippen LogP contribution is -2.36. The molecule has 1 atom stereocenters. The van der Waals surface area contributed by atoms with Crippen LogP contribution in [0.3, 0.4) is 0 Å². The second-order valence-electron chi connectivity index (χ2n) is 8.86. The summed E-state index contributed by atoms with van der Waals surface area (Å²) in [5.74, 6) is -0.401. The zero-order valence-corrected chi connectivity index (χ0v) is 19.3. The lowest BCUT2D eigenvalue weighted by atomic mass is 10.1. The molecule has 2 N–H and O–H groups in total. The topological polar surface area (TPSA) is 101 Å². The van der Waals surface area contributed by atoms with Crippen molar-refractivity contribution < 1.29 is 9.53 Å². The van der Waals surface area contributed by atoms with E-state index >= 15 is 0 Å². The van der Waals surface area contributed by atoms with Gasteiger partial charge in [-0.1, -0.05) is 35.9 Å². The first-order chi connectivity index (χ1) is 16.4. The highest BCUT2D eigenvalue weighted by Gasteiger charge is 2.22. The molecular weight excluding hydrogens is 430 g/mol. The predicted octanol–water partition coefficient (Wildman–Crippen LogP) is 2.85. The van der Waals surface area contributed by atoms with Gasteiger partial charge in [-0.25, -0.2) is 4.98 Å². The minimum absolute atomic E-state index is 0.0224. The summed E-state index contributed by atoms with van der Waals surface area (Å²) in [5.41, 5.74) is 3.80. The van der Waals surface area contributed by atoms with Crippen LogP contribution >= 0.6 is 0 Å². The Hall–Kier alpha value is -3.78. The van der Waals surface area contributed by atoms with Gasteiger partial charge in [-0.15, -0.1) is 0 Å². The molecule has 1 aliphatic heterocycles. The van der Waals surface area contributed by atoms with Crippen LogP contribution < -0.4 is 16.4 Å². The van der Waals surface area contributed by atoms with E-state index in [2.05, 4.69) is 5.32 Å². The van der Waals surface area contributed by atoms with E-state index in [0.717, 1.165) is 29.5 Å². The number of aryl methyl sites for hydroxylation is 2. The lowest BCUT2D eigenvalue weighted by molar-refractivity contribution is 0.0931. The average Bonchev–Trinajstić information content (AvgIpc) is 3.34. The summed E-state index contributed by atoms with van der Waals surface area (Å²) in [4.78, 5) is 31.3. The third-order valence-electron chi connectivity index (χ3n) is 6.36. The average molecular weight is 458 g/mol. The van der Waals surface area contributed by atoms with Crippen molar-refractivity contribution in [3.8, 4) is 0 Å². The van der Waals surface area contributed by atoms with E-state index in [0.29, 0.717) is 36.4 Å². The van der Waals surface area contributed by atoms with Crippen LogP contribution in [-0.4, -0.2) is 32.6 Å². The first kappa shape index (κ1) is 22.0. The number of hydrogen-bond donors (Lipinski definition) is 2. The first-order valence-electron chi connectivity index (χ1n) is 11.5. The fourth-order valence-electron chi connectivity index (χ4n) is 4.42. The third-order valence-corrected chi connectivity index (χ3v) is 6.36. The first-order valence-corrected chi connectivity index (χ1v) is 11.5. The standard InChI is InChI=1S/C26H27N5O3/c1-16-7-9-18(10-8-16)14-28-25(32)20-13-21-24(31(22(20)27)15-19-6-4-12-34-19)29-23-17(2)5-3-11-30(23)26(21)33/h3,5,7-11,13,19,27H,4,6,12,14-15H2,1-2H3,(H,28,32)/t19-/m0/s1. The molecule has 0 saturated carbocycles. The van der Waals surface area contributed by atoms with Crippen LogP contribution in [0.1, 0.15) is 39.9 Å². The predicted molar refractivity (Wildman–Crippen MR) is 129 cm³/mol. The van der Waals surface area contributed by atoms with Gasteiger partial charge in [0.2, 0.25) is 0 Å². The Bertz CT molecular complexity index is 1510. The highest BCUT2D eigenvalue weighted by Crippen LogP contribution is 2.17. The van der Waals surface area contributed by atoms with Gasteiger partial charge in [0.25, 0.3) is 11.5 Å². The number of hydrogen-bond acceptors (Lipinski definition) is 5. The molecule has 1 amide bonds. The van der Waals surface area contributed by atoms with Gasteiger partial charge in [-0.3, -0.25) is 19.4 Å². The van der Waals surface area contributed by atoms with Gasteiger partial charge in [-0.05, 0) is 49.9 Å². The second kappa shape index (κ2) is 8.87. The molecule has 1 aromatic carbocycles. The van der Waals surface area contributed by atoms with Crippen LogP contribution in [0.2, 0.25) is 0 Å². The van der Waals surface area contributed by atoms with Gasteiger partial charge >= 0.3 is 0 Å². The van der Waals surface area contributed by atoms with Gasteiger partial charge in [0, 0.05) is 19.3 Å². The van der Waals surface area contributed by atoms with E-state index in [9.17, 15) is 9.59 Å². The summed E-state index contributed by atoms with van der Waals surface area (Å²) in [6.07, 6.45) is 3.41. The smallest absolute Gasteiger partial charge is 0.267 e. The quantitative estimate of drug-likeness (QED) is 0.450. The van der Waals surface area contributed by atoms with Crippen molar-refractivity contribution in [1.82, 2.24) is 19.3 Å². The Morgan fingerprint density at radius 2 is 2.00 bits per heavy atom. The van der Waals surface area contributed by atoms with Crippen molar-refractivity contribution in [2.24, 2.45) is 0 Å². The van der Waals surface area contributed by atoms with Crippen LogP contribution in [0.5, 0.6) is 0 Å². The van der Waals surface area contributed by atoms with E-state index < -0.39 is 5.91 Å². The third kappa shape index (κ3) is 4.01. The number of carbonyl (C=O) groups excluding carboxylic acids is 1. The number of nitrogens with zero attached hydrogens (tertiary/aromatic N) is 3. The number of rotatable bonds is 5. The van der Waals surface area contributed by atoms with Crippen molar-refractivity contribution in [2.75, 3.05) is 6.61 Å². The molecule has 174 valence electrons. The maximum Gasteiger partial charge on any atom is 0.267 e. The number of fused-ring (bicyclic) bond motifs is 2. The van der Waals surface area contributed by atoms with E-state index in [4.69, 9.17) is 15.1 Å². The second-order valence-corrected chi connectivity index (χ2v) is 8.86. The molecule has 0 radical (unpaired) electrons. The van der Waals surface area contributed by atoms with Crippen molar-refractivity contribution in [3.63, 3.8) is 0 Å². The molecule has 0 spiro atoms. The Morgan fingerprint density at radius 3 is 2.74 bits per heavy atom. The molecule has 3 aromatic heterocycles. The summed E-state index contributed by atoms with van der Waals surface area (Å²) in [6.45, 7) is 5.27. The molecule has 1 saturated heterocycles. The molecule has 4 aromatic rings. The molecule has 4 heterocycles. The maximum atomic E-state index is 13.4. The van der Waals surface area contributed by atoms with Crippen molar-refractivity contribution in [1.29, 1.82) is 5.41 Å². The largest absolute Gasteiger partial charge is 0.376 e. The van der Waals surface area contributed by atoms with Crippen LogP contribution in [0.15, 0.2) is 53.5 Å². The van der Waals surface area contributed by atoms with Gasteiger partial charge < -0.3 is 14.6 Å². The Kier molecular flexibility index (Phi) is 5.75. The Labute approximate surface area is 196 Å². The van der Waals surface area contributed by atoms with Gasteiger partial charge in [0.05, 0.1) is 23.6 Å². The Balaban J connectivity index is 1.63. The van der Waals surface area contributed by atoms with Gasteiger partial charge in [0.15, 0.2) is 0 Å². The van der Waals surface area contributed by atoms with Crippen molar-refractivity contribution in [2.45, 2.75) is 45.9 Å². The molecule has 0 bridgehead atoms. The highest BCUT2D eigenvalue weighted by molar-refractivity contribution is 5.96. The normalized spacial score (nSPS) is 15.8. The number of benzene rings is 1. The molecule has 8 heteroatoms. The SMILES string of the molecule is Cc1ccc(CNC(=O)c2cc3c(=O)n4cccc(C)c4nc3n(C[C@@H]3CCCO3)c2=N)cc1. The summed E-state index contributed by atoms with van der Waals surface area (Å²) >= 11 is 0. The molecule has 8 nitrogen and oxygen atoms in total. The van der Waals surface area contributed by atoms with E-state index in [1.54, 1.807) is 16.8 Å². The molecule has 34 heavy (non-hydrogen) atoms. The number of ether oxygens (including phenoxy) is 1. The van der Waals surface area contributed by atoms with Crippen LogP contribution in [-0.2, 0) is 17.8 Å². The number of nitrogens with one attached hydrogen (secondary N) is 2. The molecule has 1 fully saturated rings. The van der Waals surface area contributed by atoms with Crippen LogP contribution in [0, 0.1) is 19.3 Å².